The Hall–Kier alpha value is -1.94. The third-order valence-electron chi connectivity index (χ3n) is 16.1. The number of aliphatic hydroxyl groups is 1. The summed E-state index contributed by atoms with van der Waals surface area (Å²) in [5, 5.41) is 10.5. The molecule has 0 rings (SSSR count). The molecular weight excluding hydrogens is 1140 g/mol. The number of carbonyl (C=O) groups is 4. The Morgan fingerprint density at radius 2 is 0.593 bits per heavy atom. The van der Waals surface area contributed by atoms with Crippen molar-refractivity contribution < 1.29 is 80.2 Å². The van der Waals surface area contributed by atoms with Gasteiger partial charge in [-0.1, -0.05) is 280 Å². The molecule has 7 atom stereocenters. The number of hydrogen-bond acceptors (Lipinski definition) is 15. The maximum Gasteiger partial charge on any atom is 0.472 e. The van der Waals surface area contributed by atoms with Gasteiger partial charge in [-0.2, -0.15) is 0 Å². The smallest absolute Gasteiger partial charge is 0.462 e. The summed E-state index contributed by atoms with van der Waals surface area (Å²) in [6.45, 7) is 11.7. The zero-order valence-electron chi connectivity index (χ0n) is 55.8. The largest absolute Gasteiger partial charge is 0.472 e. The predicted octanol–water partition coefficient (Wildman–Crippen LogP) is 18.7. The zero-order valence-corrected chi connectivity index (χ0v) is 57.6. The van der Waals surface area contributed by atoms with Crippen LogP contribution in [0.15, 0.2) is 0 Å². The minimum absolute atomic E-state index is 0.101. The third-order valence-corrected chi connectivity index (χ3v) is 18.0. The van der Waals surface area contributed by atoms with Gasteiger partial charge < -0.3 is 33.8 Å². The number of ether oxygens (including phenoxy) is 4. The monoisotopic (exact) mass is 1270 g/mol. The van der Waals surface area contributed by atoms with Crippen LogP contribution in [-0.4, -0.2) is 96.7 Å². The predicted molar refractivity (Wildman–Crippen MR) is 344 cm³/mol. The van der Waals surface area contributed by atoms with E-state index in [0.29, 0.717) is 31.6 Å². The molecule has 0 aromatic carbocycles. The highest BCUT2D eigenvalue weighted by molar-refractivity contribution is 7.47. The van der Waals surface area contributed by atoms with Gasteiger partial charge in [0.2, 0.25) is 0 Å². The van der Waals surface area contributed by atoms with E-state index < -0.39 is 97.5 Å². The van der Waals surface area contributed by atoms with E-state index in [1.807, 2.05) is 0 Å². The lowest BCUT2D eigenvalue weighted by Gasteiger charge is -2.21. The van der Waals surface area contributed by atoms with Crippen molar-refractivity contribution in [2.75, 3.05) is 39.6 Å². The molecular formula is C67H130O17P2. The van der Waals surface area contributed by atoms with Gasteiger partial charge >= 0.3 is 39.5 Å². The number of hydrogen-bond donors (Lipinski definition) is 3. The Kier molecular flexibility index (Phi) is 56.9. The second-order valence-electron chi connectivity index (χ2n) is 25.2. The molecule has 19 heteroatoms. The number of rotatable bonds is 65. The summed E-state index contributed by atoms with van der Waals surface area (Å²) < 4.78 is 68.0. The Bertz CT molecular complexity index is 1700. The maximum absolute atomic E-state index is 13.0. The number of phosphoric acid groups is 2. The van der Waals surface area contributed by atoms with Crippen LogP contribution >= 0.6 is 15.6 Å². The van der Waals surface area contributed by atoms with E-state index in [9.17, 15) is 43.2 Å². The van der Waals surface area contributed by atoms with Crippen molar-refractivity contribution in [1.29, 1.82) is 0 Å². The Morgan fingerprint density at radius 3 is 0.884 bits per heavy atom. The normalized spacial score (nSPS) is 14.9. The van der Waals surface area contributed by atoms with Crippen molar-refractivity contribution in [3.05, 3.63) is 0 Å². The lowest BCUT2D eigenvalue weighted by Crippen LogP contribution is -2.30. The fourth-order valence-corrected chi connectivity index (χ4v) is 11.5. The summed E-state index contributed by atoms with van der Waals surface area (Å²) in [6.07, 6.45) is 40.5. The minimum atomic E-state index is -4.95. The van der Waals surface area contributed by atoms with E-state index in [0.717, 1.165) is 115 Å². The number of phosphoric ester groups is 2. The fraction of sp³-hybridized carbons (Fsp3) is 0.940. The first-order valence-electron chi connectivity index (χ1n) is 34.9. The van der Waals surface area contributed by atoms with Crippen LogP contribution in [-0.2, 0) is 65.4 Å². The highest BCUT2D eigenvalue weighted by Crippen LogP contribution is 2.45. The molecule has 0 aromatic rings. The second-order valence-corrected chi connectivity index (χ2v) is 28.1. The number of carbonyl (C=O) groups excluding carboxylic acids is 4. The van der Waals surface area contributed by atoms with Gasteiger partial charge in [0.15, 0.2) is 12.2 Å². The molecule has 0 bridgehead atoms. The molecule has 0 aromatic heterocycles. The highest BCUT2D eigenvalue weighted by Gasteiger charge is 2.30. The number of esters is 4. The average Bonchev–Trinajstić information content (AvgIpc) is 3.66. The van der Waals surface area contributed by atoms with Gasteiger partial charge in [-0.25, -0.2) is 9.13 Å². The van der Waals surface area contributed by atoms with E-state index in [2.05, 4.69) is 48.5 Å². The van der Waals surface area contributed by atoms with E-state index in [1.165, 1.54) is 128 Å². The van der Waals surface area contributed by atoms with Crippen molar-refractivity contribution in [3.8, 4) is 0 Å². The van der Waals surface area contributed by atoms with Crippen LogP contribution in [0.5, 0.6) is 0 Å². The van der Waals surface area contributed by atoms with E-state index in [4.69, 9.17) is 37.0 Å². The lowest BCUT2D eigenvalue weighted by atomic mass is 9.99. The van der Waals surface area contributed by atoms with Crippen LogP contribution in [0.3, 0.4) is 0 Å². The van der Waals surface area contributed by atoms with Gasteiger partial charge in [-0.15, -0.1) is 0 Å². The van der Waals surface area contributed by atoms with E-state index >= 15 is 0 Å². The van der Waals surface area contributed by atoms with E-state index in [-0.39, 0.29) is 25.7 Å². The molecule has 4 unspecified atom stereocenters. The molecule has 17 nitrogen and oxygen atoms in total. The lowest BCUT2D eigenvalue weighted by molar-refractivity contribution is -0.161. The zero-order chi connectivity index (χ0) is 63.8. The van der Waals surface area contributed by atoms with Gasteiger partial charge in [0, 0.05) is 25.7 Å². The molecule has 0 heterocycles. The molecule has 0 aliphatic carbocycles. The quantitative estimate of drug-likeness (QED) is 0.0222. The first kappa shape index (κ1) is 84.1. The summed E-state index contributed by atoms with van der Waals surface area (Å²) in [4.78, 5) is 72.2. The molecule has 510 valence electrons. The van der Waals surface area contributed by atoms with Crippen molar-refractivity contribution in [3.63, 3.8) is 0 Å². The Morgan fingerprint density at radius 1 is 0.337 bits per heavy atom. The molecule has 0 aliphatic heterocycles. The Balaban J connectivity index is 5.19. The third kappa shape index (κ3) is 58.4. The standard InChI is InChI=1S/C67H130O17P2/c1-8-11-12-13-24-34-41-48-64(69)77-54-63(84-67(72)51-44-37-30-29-31-38-45-58(4)5)57-82-86(75,76)80-53-61(68)52-79-85(73,74)81-56-62(55-78-65(70)49-42-35-27-23-22-26-33-40-47-60(7)10-3)83-66(71)50-43-36-28-21-19-17-15-14-16-18-20-25-32-39-46-59(6)9-2/h58-63,68H,8-57H2,1-7H3,(H,73,74)(H,75,76)/t59?,60?,61-,62-,63-/m1/s1. The van der Waals surface area contributed by atoms with Gasteiger partial charge in [0.1, 0.15) is 19.3 Å². The molecule has 86 heavy (non-hydrogen) atoms. The maximum atomic E-state index is 13.0. The molecule has 0 amide bonds. The number of unbranched alkanes of at least 4 members (excludes halogenated alkanes) is 31. The topological polar surface area (TPSA) is 237 Å². The first-order chi connectivity index (χ1) is 41.3. The summed E-state index contributed by atoms with van der Waals surface area (Å²) in [6, 6.07) is 0. The molecule has 0 fully saturated rings. The van der Waals surface area contributed by atoms with Crippen molar-refractivity contribution >= 4 is 39.5 Å². The van der Waals surface area contributed by atoms with Gasteiger partial charge in [-0.3, -0.25) is 37.3 Å². The van der Waals surface area contributed by atoms with Crippen LogP contribution in [0, 0.1) is 17.8 Å². The first-order valence-corrected chi connectivity index (χ1v) is 37.9. The molecule has 0 saturated carbocycles. The summed E-state index contributed by atoms with van der Waals surface area (Å²) in [7, 11) is -9.89. The van der Waals surface area contributed by atoms with Crippen LogP contribution in [0.2, 0.25) is 0 Å². The van der Waals surface area contributed by atoms with Crippen molar-refractivity contribution in [2.45, 2.75) is 349 Å². The number of aliphatic hydroxyl groups excluding tert-OH is 1. The van der Waals surface area contributed by atoms with Gasteiger partial charge in [0.25, 0.3) is 0 Å². The van der Waals surface area contributed by atoms with Crippen LogP contribution in [0.1, 0.15) is 331 Å². The molecule has 0 aliphatic rings. The summed E-state index contributed by atoms with van der Waals surface area (Å²) >= 11 is 0. The van der Waals surface area contributed by atoms with Crippen molar-refractivity contribution in [1.82, 2.24) is 0 Å². The fourth-order valence-electron chi connectivity index (χ4n) is 9.95. The summed E-state index contributed by atoms with van der Waals surface area (Å²) in [5.74, 6) is 0.153. The molecule has 0 spiro atoms. The second kappa shape index (κ2) is 58.2. The molecule has 0 radical (unpaired) electrons. The highest BCUT2D eigenvalue weighted by atomic mass is 31.2. The van der Waals surface area contributed by atoms with E-state index in [1.54, 1.807) is 0 Å². The van der Waals surface area contributed by atoms with Gasteiger partial charge in [0.05, 0.1) is 26.4 Å². The van der Waals surface area contributed by atoms with Crippen molar-refractivity contribution in [2.24, 2.45) is 17.8 Å². The van der Waals surface area contributed by atoms with Gasteiger partial charge in [-0.05, 0) is 43.4 Å². The van der Waals surface area contributed by atoms with Crippen LogP contribution < -0.4 is 0 Å². The summed E-state index contributed by atoms with van der Waals surface area (Å²) in [5.41, 5.74) is 0. The molecule has 0 saturated heterocycles. The van der Waals surface area contributed by atoms with Crippen LogP contribution in [0.4, 0.5) is 0 Å². The Labute approximate surface area is 524 Å². The SMILES string of the molecule is CCCCCCCCCC(=O)OC[C@H](COP(=O)(O)OC[C@H](O)COP(=O)(O)OC[C@@H](COC(=O)CCCCCCCCCCC(C)CC)OC(=O)CCCCCCCCCCCCCCCCC(C)CC)OC(=O)CCCCCCCCC(C)C. The minimum Gasteiger partial charge on any atom is -0.462 e. The average molecular weight is 1270 g/mol. The van der Waals surface area contributed by atoms with Crippen LogP contribution in [0.25, 0.3) is 0 Å². The molecule has 3 N–H and O–H groups in total.